The summed E-state index contributed by atoms with van der Waals surface area (Å²) >= 11 is 0. The molecule has 0 unspecified atom stereocenters. The van der Waals surface area contributed by atoms with E-state index >= 15 is 0 Å². The number of aromatic nitrogens is 2. The van der Waals surface area contributed by atoms with Crippen LogP contribution in [0.2, 0.25) is 0 Å². The van der Waals surface area contributed by atoms with Crippen molar-refractivity contribution in [3.63, 3.8) is 0 Å². The maximum atomic E-state index is 11.5. The van der Waals surface area contributed by atoms with Crippen molar-refractivity contribution in [2.24, 2.45) is 5.73 Å². The molecular formula is C15H19N3O2. The zero-order chi connectivity index (χ0) is 14.4. The molecule has 2 rings (SSSR count). The van der Waals surface area contributed by atoms with Crippen LogP contribution in [-0.2, 0) is 13.0 Å². The van der Waals surface area contributed by atoms with Gasteiger partial charge in [-0.1, -0.05) is 12.1 Å². The van der Waals surface area contributed by atoms with E-state index in [2.05, 4.69) is 4.98 Å². The maximum Gasteiger partial charge on any atom is 0.347 e. The molecule has 0 saturated carbocycles. The van der Waals surface area contributed by atoms with E-state index in [1.54, 1.807) is 17.0 Å². The van der Waals surface area contributed by atoms with Gasteiger partial charge in [-0.15, -0.1) is 0 Å². The molecule has 0 bridgehead atoms. The van der Waals surface area contributed by atoms with E-state index in [0.29, 0.717) is 19.7 Å². The third kappa shape index (κ3) is 3.93. The predicted octanol–water partition coefficient (Wildman–Crippen LogP) is 1.13. The van der Waals surface area contributed by atoms with Crippen LogP contribution in [0.1, 0.15) is 11.1 Å². The van der Waals surface area contributed by atoms with Gasteiger partial charge >= 0.3 is 5.69 Å². The Morgan fingerprint density at radius 1 is 1.30 bits per heavy atom. The summed E-state index contributed by atoms with van der Waals surface area (Å²) in [6, 6.07) is 7.84. The number of rotatable bonds is 6. The molecule has 1 aromatic heterocycles. The second-order valence-corrected chi connectivity index (χ2v) is 4.64. The van der Waals surface area contributed by atoms with E-state index in [1.165, 1.54) is 5.56 Å². The Hall–Kier alpha value is -2.14. The molecule has 0 radical (unpaired) electrons. The van der Waals surface area contributed by atoms with Crippen LogP contribution in [0.3, 0.4) is 0 Å². The van der Waals surface area contributed by atoms with Gasteiger partial charge < -0.3 is 10.5 Å². The molecule has 20 heavy (non-hydrogen) atoms. The lowest BCUT2D eigenvalue weighted by molar-refractivity contribution is 0.295. The molecular weight excluding hydrogens is 254 g/mol. The van der Waals surface area contributed by atoms with Gasteiger partial charge in [0.2, 0.25) is 0 Å². The van der Waals surface area contributed by atoms with Crippen molar-refractivity contribution in [3.8, 4) is 5.75 Å². The van der Waals surface area contributed by atoms with Gasteiger partial charge in [-0.2, -0.15) is 0 Å². The van der Waals surface area contributed by atoms with Gasteiger partial charge in [-0.05, 0) is 43.1 Å². The number of hydrogen-bond donors (Lipinski definition) is 1. The molecule has 2 aromatic rings. The van der Waals surface area contributed by atoms with E-state index in [1.807, 2.05) is 31.2 Å². The van der Waals surface area contributed by atoms with Crippen molar-refractivity contribution < 1.29 is 4.74 Å². The quantitative estimate of drug-likeness (QED) is 0.856. The van der Waals surface area contributed by atoms with Crippen molar-refractivity contribution in [1.29, 1.82) is 0 Å². The van der Waals surface area contributed by atoms with Gasteiger partial charge in [0.05, 0.1) is 6.54 Å². The number of ether oxygens (including phenoxy) is 1. The van der Waals surface area contributed by atoms with Gasteiger partial charge in [0.15, 0.2) is 0 Å². The number of benzene rings is 1. The number of nitrogens with two attached hydrogens (primary N) is 1. The minimum Gasteiger partial charge on any atom is -0.492 e. The van der Waals surface area contributed by atoms with E-state index in [0.717, 1.165) is 17.7 Å². The molecule has 0 saturated heterocycles. The average Bonchev–Trinajstić information content (AvgIpc) is 2.45. The molecule has 1 aromatic carbocycles. The Bertz CT molecular complexity index is 605. The summed E-state index contributed by atoms with van der Waals surface area (Å²) in [6.45, 7) is 3.46. The van der Waals surface area contributed by atoms with Crippen LogP contribution in [0.5, 0.6) is 5.75 Å². The molecule has 0 fully saturated rings. The van der Waals surface area contributed by atoms with E-state index in [-0.39, 0.29) is 5.69 Å². The molecule has 0 atom stereocenters. The lowest BCUT2D eigenvalue weighted by atomic mass is 10.1. The SMILES string of the molecule is Cc1cnc(=O)n(CCOc2ccc(CCN)cc2)c1. The zero-order valence-electron chi connectivity index (χ0n) is 11.6. The van der Waals surface area contributed by atoms with Crippen molar-refractivity contribution in [2.45, 2.75) is 19.9 Å². The van der Waals surface area contributed by atoms with Crippen LogP contribution in [-0.4, -0.2) is 22.7 Å². The lowest BCUT2D eigenvalue weighted by Crippen LogP contribution is -2.25. The summed E-state index contributed by atoms with van der Waals surface area (Å²) in [4.78, 5) is 15.3. The minimum absolute atomic E-state index is 0.252. The molecule has 0 aliphatic heterocycles. The number of hydrogen-bond acceptors (Lipinski definition) is 4. The van der Waals surface area contributed by atoms with Crippen molar-refractivity contribution in [1.82, 2.24) is 9.55 Å². The highest BCUT2D eigenvalue weighted by Gasteiger charge is 1.99. The molecule has 0 aliphatic rings. The second kappa shape index (κ2) is 6.86. The topological polar surface area (TPSA) is 70.1 Å². The first-order chi connectivity index (χ1) is 9.69. The van der Waals surface area contributed by atoms with Crippen molar-refractivity contribution in [2.75, 3.05) is 13.2 Å². The van der Waals surface area contributed by atoms with Crippen LogP contribution in [0.4, 0.5) is 0 Å². The summed E-state index contributed by atoms with van der Waals surface area (Å²) < 4.78 is 7.17. The zero-order valence-corrected chi connectivity index (χ0v) is 11.6. The lowest BCUT2D eigenvalue weighted by Gasteiger charge is -2.09. The van der Waals surface area contributed by atoms with Crippen molar-refractivity contribution >= 4 is 0 Å². The van der Waals surface area contributed by atoms with Crippen LogP contribution in [0.25, 0.3) is 0 Å². The predicted molar refractivity (Wildman–Crippen MR) is 77.9 cm³/mol. The summed E-state index contributed by atoms with van der Waals surface area (Å²) in [5.41, 5.74) is 7.40. The fraction of sp³-hybridized carbons (Fsp3) is 0.333. The van der Waals surface area contributed by atoms with Gasteiger partial charge in [-0.25, -0.2) is 9.78 Å². The Morgan fingerprint density at radius 3 is 2.75 bits per heavy atom. The minimum atomic E-state index is -0.252. The van der Waals surface area contributed by atoms with E-state index in [9.17, 15) is 4.79 Å². The highest BCUT2D eigenvalue weighted by atomic mass is 16.5. The van der Waals surface area contributed by atoms with Gasteiger partial charge in [0, 0.05) is 12.4 Å². The molecule has 2 N–H and O–H groups in total. The third-order valence-corrected chi connectivity index (χ3v) is 2.94. The van der Waals surface area contributed by atoms with Crippen LogP contribution >= 0.6 is 0 Å². The molecule has 0 amide bonds. The van der Waals surface area contributed by atoms with E-state index < -0.39 is 0 Å². The fourth-order valence-corrected chi connectivity index (χ4v) is 1.91. The molecule has 5 heteroatoms. The smallest absolute Gasteiger partial charge is 0.347 e. The Morgan fingerprint density at radius 2 is 2.05 bits per heavy atom. The maximum absolute atomic E-state index is 11.5. The highest BCUT2D eigenvalue weighted by Crippen LogP contribution is 2.12. The summed E-state index contributed by atoms with van der Waals surface area (Å²) in [5.74, 6) is 0.791. The molecule has 0 spiro atoms. The average molecular weight is 273 g/mol. The molecule has 5 nitrogen and oxygen atoms in total. The third-order valence-electron chi connectivity index (χ3n) is 2.94. The highest BCUT2D eigenvalue weighted by molar-refractivity contribution is 5.27. The summed E-state index contributed by atoms with van der Waals surface area (Å²) in [5, 5.41) is 0. The molecule has 1 heterocycles. The van der Waals surface area contributed by atoms with Crippen LogP contribution in [0, 0.1) is 6.92 Å². The number of nitrogens with zero attached hydrogens (tertiary/aromatic N) is 2. The number of aryl methyl sites for hydroxylation is 1. The Labute approximate surface area is 118 Å². The van der Waals surface area contributed by atoms with Crippen molar-refractivity contribution in [3.05, 3.63) is 58.3 Å². The normalized spacial score (nSPS) is 10.5. The largest absolute Gasteiger partial charge is 0.492 e. The Balaban J connectivity index is 1.89. The molecule has 106 valence electrons. The van der Waals surface area contributed by atoms with E-state index in [4.69, 9.17) is 10.5 Å². The Kier molecular flexibility index (Phi) is 4.90. The van der Waals surface area contributed by atoms with Crippen LogP contribution < -0.4 is 16.2 Å². The first kappa shape index (κ1) is 14.3. The summed E-state index contributed by atoms with van der Waals surface area (Å²) in [6.07, 6.45) is 4.21. The van der Waals surface area contributed by atoms with Gasteiger partial charge in [0.1, 0.15) is 12.4 Å². The van der Waals surface area contributed by atoms with Gasteiger partial charge in [-0.3, -0.25) is 4.57 Å². The second-order valence-electron chi connectivity index (χ2n) is 4.64. The monoisotopic (exact) mass is 273 g/mol. The first-order valence-corrected chi connectivity index (χ1v) is 6.64. The fourth-order valence-electron chi connectivity index (χ4n) is 1.91. The molecule has 0 aliphatic carbocycles. The van der Waals surface area contributed by atoms with Gasteiger partial charge in [0.25, 0.3) is 0 Å². The summed E-state index contributed by atoms with van der Waals surface area (Å²) in [7, 11) is 0. The van der Waals surface area contributed by atoms with Crippen LogP contribution in [0.15, 0.2) is 41.5 Å². The first-order valence-electron chi connectivity index (χ1n) is 6.64. The standard InChI is InChI=1S/C15H19N3O2/c1-12-10-17-15(19)18(11-12)8-9-20-14-4-2-13(3-5-14)6-7-16/h2-5,10-11H,6-9,16H2,1H3.